The van der Waals surface area contributed by atoms with Crippen molar-refractivity contribution in [3.63, 3.8) is 0 Å². The first-order valence-electron chi connectivity index (χ1n) is 7.98. The molecule has 7 nitrogen and oxygen atoms in total. The maximum absolute atomic E-state index is 12.6. The molecule has 3 rings (SSSR count). The van der Waals surface area contributed by atoms with Gasteiger partial charge in [0.25, 0.3) is 0 Å². The van der Waals surface area contributed by atoms with Crippen molar-refractivity contribution in [2.24, 2.45) is 0 Å². The minimum absolute atomic E-state index is 0.000852. The summed E-state index contributed by atoms with van der Waals surface area (Å²) in [5, 5.41) is 0. The molecule has 2 aromatic rings. The number of fused-ring (bicyclic) bond motifs is 1. The first kappa shape index (κ1) is 16.8. The summed E-state index contributed by atoms with van der Waals surface area (Å²) in [6, 6.07) is 7.05. The zero-order valence-corrected chi connectivity index (χ0v) is 14.6. The van der Waals surface area contributed by atoms with E-state index in [2.05, 4.69) is 0 Å². The van der Waals surface area contributed by atoms with Crippen LogP contribution in [0.15, 0.2) is 29.1 Å². The molecule has 1 aliphatic rings. The van der Waals surface area contributed by atoms with Gasteiger partial charge in [0.05, 0.1) is 22.5 Å². The van der Waals surface area contributed by atoms with Gasteiger partial charge >= 0.3 is 5.69 Å². The summed E-state index contributed by atoms with van der Waals surface area (Å²) in [4.78, 5) is 26.6. The largest absolute Gasteiger partial charge is 0.340 e. The summed E-state index contributed by atoms with van der Waals surface area (Å²) in [5.41, 5.74) is 1.29. The van der Waals surface area contributed by atoms with Gasteiger partial charge in [-0.05, 0) is 25.5 Å². The van der Waals surface area contributed by atoms with Gasteiger partial charge in [0, 0.05) is 19.6 Å². The summed E-state index contributed by atoms with van der Waals surface area (Å²) < 4.78 is 26.3. The van der Waals surface area contributed by atoms with Gasteiger partial charge < -0.3 is 4.90 Å². The van der Waals surface area contributed by atoms with E-state index in [1.54, 1.807) is 11.6 Å². The highest BCUT2D eigenvalue weighted by molar-refractivity contribution is 7.91. The van der Waals surface area contributed by atoms with Crippen LogP contribution in [0.25, 0.3) is 11.0 Å². The van der Waals surface area contributed by atoms with E-state index in [9.17, 15) is 18.0 Å². The van der Waals surface area contributed by atoms with Gasteiger partial charge in [0.2, 0.25) is 5.91 Å². The van der Waals surface area contributed by atoms with Gasteiger partial charge in [0.1, 0.15) is 6.54 Å². The molecule has 1 amide bonds. The number of sulfone groups is 1. The van der Waals surface area contributed by atoms with E-state index in [0.717, 1.165) is 5.52 Å². The molecule has 1 aliphatic heterocycles. The summed E-state index contributed by atoms with van der Waals surface area (Å²) in [6.45, 7) is 2.33. The van der Waals surface area contributed by atoms with Crippen molar-refractivity contribution in [1.82, 2.24) is 14.0 Å². The second-order valence-electron chi connectivity index (χ2n) is 6.16. The quantitative estimate of drug-likeness (QED) is 0.802. The molecular formula is C16H21N3O4S. The summed E-state index contributed by atoms with van der Waals surface area (Å²) >= 11 is 0. The molecule has 0 aliphatic carbocycles. The Hall–Kier alpha value is -2.09. The number of aryl methyl sites for hydroxylation is 1. The molecule has 130 valence electrons. The van der Waals surface area contributed by atoms with Crippen LogP contribution in [0.3, 0.4) is 0 Å². The molecule has 1 aromatic carbocycles. The lowest BCUT2D eigenvalue weighted by atomic mass is 10.2. The second-order valence-corrected chi connectivity index (χ2v) is 8.39. The minimum Gasteiger partial charge on any atom is -0.340 e. The van der Waals surface area contributed by atoms with Crippen molar-refractivity contribution in [2.75, 3.05) is 18.6 Å². The van der Waals surface area contributed by atoms with Crippen LogP contribution in [-0.2, 0) is 27.7 Å². The Morgan fingerprint density at radius 1 is 1.25 bits per heavy atom. The molecule has 1 fully saturated rings. The highest BCUT2D eigenvalue weighted by atomic mass is 32.2. The number of aromatic nitrogens is 2. The Kier molecular flexibility index (Phi) is 4.25. The second kappa shape index (κ2) is 6.08. The first-order chi connectivity index (χ1) is 11.3. The van der Waals surface area contributed by atoms with Crippen molar-refractivity contribution >= 4 is 26.8 Å². The fraction of sp³-hybridized carbons (Fsp3) is 0.500. The zero-order chi connectivity index (χ0) is 17.5. The average molecular weight is 351 g/mol. The summed E-state index contributed by atoms with van der Waals surface area (Å²) in [6.07, 6.45) is 0.455. The number of nitrogens with zero attached hydrogens (tertiary/aromatic N) is 3. The van der Waals surface area contributed by atoms with Gasteiger partial charge in [0.15, 0.2) is 9.84 Å². The van der Waals surface area contributed by atoms with Crippen molar-refractivity contribution in [3.05, 3.63) is 34.7 Å². The van der Waals surface area contributed by atoms with Gasteiger partial charge in [-0.15, -0.1) is 0 Å². The predicted octanol–water partition coefficient (Wildman–Crippen LogP) is 0.468. The first-order valence-corrected chi connectivity index (χ1v) is 9.80. The van der Waals surface area contributed by atoms with Crippen molar-refractivity contribution < 1.29 is 13.2 Å². The zero-order valence-electron chi connectivity index (χ0n) is 13.8. The van der Waals surface area contributed by atoms with Crippen LogP contribution < -0.4 is 5.69 Å². The molecule has 0 radical (unpaired) electrons. The van der Waals surface area contributed by atoms with E-state index in [4.69, 9.17) is 0 Å². The van der Waals surface area contributed by atoms with Gasteiger partial charge in [-0.3, -0.25) is 13.9 Å². The van der Waals surface area contributed by atoms with E-state index in [-0.39, 0.29) is 35.7 Å². The highest BCUT2D eigenvalue weighted by Gasteiger charge is 2.33. The lowest BCUT2D eigenvalue weighted by molar-refractivity contribution is -0.132. The Morgan fingerprint density at radius 3 is 2.42 bits per heavy atom. The van der Waals surface area contributed by atoms with E-state index in [1.807, 2.05) is 31.2 Å². The van der Waals surface area contributed by atoms with Crippen LogP contribution in [0.5, 0.6) is 0 Å². The van der Waals surface area contributed by atoms with Crippen LogP contribution in [-0.4, -0.2) is 53.0 Å². The number of imidazole rings is 1. The number of para-hydroxylation sites is 2. The number of likely N-dealkylation sites (N-methyl/N-ethyl adjacent to an activating group) is 1. The maximum Gasteiger partial charge on any atom is 0.329 e. The molecule has 0 spiro atoms. The molecule has 0 bridgehead atoms. The SMILES string of the molecule is CCn1c(=O)n(CC(=O)N(C)[C@H]2CCS(=O)(=O)C2)c2ccccc21. The number of hydrogen-bond donors (Lipinski definition) is 0. The molecule has 1 saturated heterocycles. The topological polar surface area (TPSA) is 81.4 Å². The molecule has 8 heteroatoms. The smallest absolute Gasteiger partial charge is 0.329 e. The van der Waals surface area contributed by atoms with E-state index in [1.165, 1.54) is 9.47 Å². The Labute approximate surface area is 140 Å². The standard InChI is InChI=1S/C16H21N3O4S/c1-3-18-13-6-4-5-7-14(13)19(16(18)21)10-15(20)17(2)12-8-9-24(22,23)11-12/h4-7,12H,3,8-11H2,1-2H3/t12-/m0/s1. The number of amides is 1. The third-order valence-corrected chi connectivity index (χ3v) is 6.43. The van der Waals surface area contributed by atoms with Crippen LogP contribution in [0, 0.1) is 0 Å². The predicted molar refractivity (Wildman–Crippen MR) is 91.7 cm³/mol. The van der Waals surface area contributed by atoms with Crippen LogP contribution in [0.4, 0.5) is 0 Å². The third-order valence-electron chi connectivity index (χ3n) is 4.68. The molecule has 24 heavy (non-hydrogen) atoms. The normalized spacial score (nSPS) is 19.7. The average Bonchev–Trinajstić information content (AvgIpc) is 3.04. The lowest BCUT2D eigenvalue weighted by Gasteiger charge is -2.23. The molecule has 0 saturated carbocycles. The highest BCUT2D eigenvalue weighted by Crippen LogP contribution is 2.18. The van der Waals surface area contributed by atoms with Gasteiger partial charge in [-0.1, -0.05) is 12.1 Å². The molecule has 0 unspecified atom stereocenters. The Balaban J connectivity index is 1.89. The summed E-state index contributed by atoms with van der Waals surface area (Å²) in [5.74, 6) is -0.135. The maximum atomic E-state index is 12.6. The molecular weight excluding hydrogens is 330 g/mol. The number of carbonyl (C=O) groups excluding carboxylic acids is 1. The van der Waals surface area contributed by atoms with Crippen LogP contribution >= 0.6 is 0 Å². The number of carbonyl (C=O) groups is 1. The number of benzene rings is 1. The number of hydrogen-bond acceptors (Lipinski definition) is 4. The number of rotatable bonds is 4. The van der Waals surface area contributed by atoms with E-state index in [0.29, 0.717) is 18.5 Å². The van der Waals surface area contributed by atoms with Gasteiger partial charge in [-0.25, -0.2) is 13.2 Å². The summed E-state index contributed by atoms with van der Waals surface area (Å²) in [7, 11) is -1.45. The molecule has 1 atom stereocenters. The molecule has 1 aromatic heterocycles. The van der Waals surface area contributed by atoms with E-state index >= 15 is 0 Å². The van der Waals surface area contributed by atoms with E-state index < -0.39 is 9.84 Å². The third kappa shape index (κ3) is 2.86. The lowest BCUT2D eigenvalue weighted by Crippen LogP contribution is -2.41. The molecule has 2 heterocycles. The fourth-order valence-electron chi connectivity index (χ4n) is 3.26. The monoisotopic (exact) mass is 351 g/mol. The van der Waals surface area contributed by atoms with Crippen LogP contribution in [0.1, 0.15) is 13.3 Å². The Bertz CT molecular complexity index is 942. The van der Waals surface area contributed by atoms with Crippen molar-refractivity contribution in [2.45, 2.75) is 32.5 Å². The van der Waals surface area contributed by atoms with Crippen molar-refractivity contribution in [1.29, 1.82) is 0 Å². The van der Waals surface area contributed by atoms with Crippen LogP contribution in [0.2, 0.25) is 0 Å². The Morgan fingerprint density at radius 2 is 1.88 bits per heavy atom. The minimum atomic E-state index is -3.06. The molecule has 0 N–H and O–H groups in total. The van der Waals surface area contributed by atoms with Crippen molar-refractivity contribution in [3.8, 4) is 0 Å². The fourth-order valence-corrected chi connectivity index (χ4v) is 5.04. The van der Waals surface area contributed by atoms with Gasteiger partial charge in [-0.2, -0.15) is 0 Å².